The third-order valence-electron chi connectivity index (χ3n) is 4.39. The van der Waals surface area contributed by atoms with Crippen molar-refractivity contribution < 1.29 is 14.3 Å². The highest BCUT2D eigenvalue weighted by Gasteiger charge is 2.17. The summed E-state index contributed by atoms with van der Waals surface area (Å²) in [6.45, 7) is 7.31. The van der Waals surface area contributed by atoms with Crippen molar-refractivity contribution in [1.29, 1.82) is 0 Å². The van der Waals surface area contributed by atoms with E-state index in [1.807, 2.05) is 26.8 Å². The predicted molar refractivity (Wildman–Crippen MR) is 116 cm³/mol. The highest BCUT2D eigenvalue weighted by atomic mass is 16.5. The van der Waals surface area contributed by atoms with Gasteiger partial charge in [-0.1, -0.05) is 13.3 Å². The quantitative estimate of drug-likeness (QED) is 0.525. The van der Waals surface area contributed by atoms with Crippen LogP contribution in [0.3, 0.4) is 0 Å². The second kappa shape index (κ2) is 9.94. The molecule has 0 aromatic carbocycles. The molecule has 0 spiro atoms. The third kappa shape index (κ3) is 5.62. The van der Waals surface area contributed by atoms with E-state index in [9.17, 15) is 14.4 Å². The van der Waals surface area contributed by atoms with Crippen LogP contribution in [0.15, 0.2) is 29.1 Å². The van der Waals surface area contributed by atoms with Gasteiger partial charge in [0.25, 0.3) is 17.4 Å². The van der Waals surface area contributed by atoms with Crippen LogP contribution in [-0.2, 0) is 16.1 Å². The van der Waals surface area contributed by atoms with E-state index >= 15 is 0 Å². The van der Waals surface area contributed by atoms with Crippen molar-refractivity contribution in [2.75, 3.05) is 11.9 Å². The first-order valence-electron chi connectivity index (χ1n) is 10.2. The zero-order valence-corrected chi connectivity index (χ0v) is 18.5. The van der Waals surface area contributed by atoms with Crippen molar-refractivity contribution in [3.05, 3.63) is 57.4 Å². The highest BCUT2D eigenvalue weighted by Crippen LogP contribution is 2.15. The Morgan fingerprint density at radius 1 is 1.03 bits per heavy atom. The average Bonchev–Trinajstić information content (AvgIpc) is 3.10. The summed E-state index contributed by atoms with van der Waals surface area (Å²) < 4.78 is 7.69. The summed E-state index contributed by atoms with van der Waals surface area (Å²) in [5.74, 6) is -0.697. The van der Waals surface area contributed by atoms with Crippen molar-refractivity contribution in [2.24, 2.45) is 0 Å². The van der Waals surface area contributed by atoms with Crippen LogP contribution >= 0.6 is 0 Å². The van der Waals surface area contributed by atoms with Crippen LogP contribution in [0.1, 0.15) is 47.3 Å². The first-order valence-corrected chi connectivity index (χ1v) is 10.2. The molecule has 3 aromatic heterocycles. The fourth-order valence-electron chi connectivity index (χ4n) is 2.95. The molecule has 0 bridgehead atoms. The van der Waals surface area contributed by atoms with Crippen LogP contribution in [0.5, 0.6) is 0 Å². The summed E-state index contributed by atoms with van der Waals surface area (Å²) in [5.41, 5.74) is 1.83. The molecule has 0 fully saturated rings. The molecule has 32 heavy (non-hydrogen) atoms. The van der Waals surface area contributed by atoms with E-state index in [4.69, 9.17) is 4.74 Å². The molecular formula is C21H25N7O4. The average molecular weight is 439 g/mol. The summed E-state index contributed by atoms with van der Waals surface area (Å²) in [4.78, 5) is 45.2. The van der Waals surface area contributed by atoms with Crippen LogP contribution in [-0.4, -0.2) is 48.0 Å². The number of nitrogens with zero attached hydrogens (tertiary/aromatic N) is 6. The summed E-state index contributed by atoms with van der Waals surface area (Å²) >= 11 is 0. The molecule has 0 aliphatic heterocycles. The number of ether oxygens (including phenoxy) is 1. The standard InChI is InChI=1S/C21H25N7O4/c1-5-6-9-27-19(30)8-7-16(26-27)20(31)32-12-18(29)24-17-11-15(4)25-28(17)21-22-13(2)10-14(3)23-21/h7-8,10-11H,5-6,9,12H2,1-4H3,(H,24,29). The van der Waals surface area contributed by atoms with E-state index in [0.717, 1.165) is 24.2 Å². The van der Waals surface area contributed by atoms with Crippen LogP contribution in [0.25, 0.3) is 5.95 Å². The van der Waals surface area contributed by atoms with Gasteiger partial charge in [0, 0.05) is 30.1 Å². The Balaban J connectivity index is 1.67. The number of carbonyl (C=O) groups excluding carboxylic acids is 2. The number of anilines is 1. The fraction of sp³-hybridized carbons (Fsp3) is 0.381. The van der Waals surface area contributed by atoms with Gasteiger partial charge in [-0.2, -0.15) is 14.9 Å². The molecule has 1 amide bonds. The molecule has 11 heteroatoms. The summed E-state index contributed by atoms with van der Waals surface area (Å²) in [7, 11) is 0. The van der Waals surface area contributed by atoms with Gasteiger partial charge in [-0.3, -0.25) is 9.59 Å². The van der Waals surface area contributed by atoms with Crippen molar-refractivity contribution in [2.45, 2.75) is 47.1 Å². The number of unbranched alkanes of at least 4 members (excludes halogenated alkanes) is 1. The molecule has 0 unspecified atom stereocenters. The van der Waals surface area contributed by atoms with E-state index in [1.54, 1.807) is 13.0 Å². The molecular weight excluding hydrogens is 414 g/mol. The summed E-state index contributed by atoms with van der Waals surface area (Å²) in [5, 5.41) is 11.0. The van der Waals surface area contributed by atoms with Gasteiger partial charge < -0.3 is 10.1 Å². The zero-order valence-electron chi connectivity index (χ0n) is 18.5. The second-order valence-electron chi connectivity index (χ2n) is 7.29. The van der Waals surface area contributed by atoms with E-state index < -0.39 is 18.5 Å². The van der Waals surface area contributed by atoms with Gasteiger partial charge in [-0.15, -0.1) is 0 Å². The smallest absolute Gasteiger partial charge is 0.359 e. The largest absolute Gasteiger partial charge is 0.451 e. The lowest BCUT2D eigenvalue weighted by atomic mass is 10.3. The maximum Gasteiger partial charge on any atom is 0.359 e. The minimum Gasteiger partial charge on any atom is -0.451 e. The summed E-state index contributed by atoms with van der Waals surface area (Å²) in [6, 6.07) is 6.02. The van der Waals surface area contributed by atoms with Gasteiger partial charge in [-0.05, 0) is 39.3 Å². The second-order valence-corrected chi connectivity index (χ2v) is 7.29. The Morgan fingerprint density at radius 2 is 1.75 bits per heavy atom. The van der Waals surface area contributed by atoms with Crippen LogP contribution in [0, 0.1) is 20.8 Å². The highest BCUT2D eigenvalue weighted by molar-refractivity contribution is 5.94. The molecule has 0 atom stereocenters. The number of hydrogen-bond acceptors (Lipinski definition) is 8. The number of aryl methyl sites for hydroxylation is 4. The maximum atomic E-state index is 12.4. The van der Waals surface area contributed by atoms with Crippen LogP contribution in [0.2, 0.25) is 0 Å². The van der Waals surface area contributed by atoms with E-state index in [2.05, 4.69) is 25.5 Å². The normalized spacial score (nSPS) is 10.8. The molecule has 11 nitrogen and oxygen atoms in total. The Labute approximate surface area is 184 Å². The molecule has 3 aromatic rings. The van der Waals surface area contributed by atoms with Gasteiger partial charge in [0.05, 0.1) is 5.69 Å². The van der Waals surface area contributed by atoms with Crippen molar-refractivity contribution in [3.63, 3.8) is 0 Å². The minimum absolute atomic E-state index is 0.0435. The van der Waals surface area contributed by atoms with Gasteiger partial charge in [0.1, 0.15) is 5.82 Å². The van der Waals surface area contributed by atoms with Crippen molar-refractivity contribution in [3.8, 4) is 5.95 Å². The number of aromatic nitrogens is 6. The lowest BCUT2D eigenvalue weighted by molar-refractivity contribution is -0.119. The maximum absolute atomic E-state index is 12.4. The lowest BCUT2D eigenvalue weighted by Gasteiger charge is -2.09. The number of nitrogens with one attached hydrogen (secondary N) is 1. The SMILES string of the molecule is CCCCn1nc(C(=O)OCC(=O)Nc2cc(C)nn2-c2nc(C)cc(C)n2)ccc1=O. The van der Waals surface area contributed by atoms with Crippen molar-refractivity contribution in [1.82, 2.24) is 29.5 Å². The minimum atomic E-state index is -0.798. The molecule has 0 saturated carbocycles. The molecule has 0 saturated heterocycles. The fourth-order valence-corrected chi connectivity index (χ4v) is 2.95. The molecule has 0 aliphatic rings. The van der Waals surface area contributed by atoms with E-state index in [-0.39, 0.29) is 11.3 Å². The topological polar surface area (TPSA) is 134 Å². The van der Waals surface area contributed by atoms with Gasteiger partial charge in [-0.25, -0.2) is 19.4 Å². The lowest BCUT2D eigenvalue weighted by Crippen LogP contribution is -2.27. The molecule has 3 rings (SSSR count). The predicted octanol–water partition coefficient (Wildman–Crippen LogP) is 1.74. The number of rotatable bonds is 8. The Kier molecular flexibility index (Phi) is 7.08. The van der Waals surface area contributed by atoms with Crippen LogP contribution < -0.4 is 10.9 Å². The molecule has 168 valence electrons. The van der Waals surface area contributed by atoms with Gasteiger partial charge in [0.2, 0.25) is 0 Å². The Morgan fingerprint density at radius 3 is 2.44 bits per heavy atom. The molecule has 3 heterocycles. The van der Waals surface area contributed by atoms with Gasteiger partial charge in [0.15, 0.2) is 12.3 Å². The first-order chi connectivity index (χ1) is 15.3. The van der Waals surface area contributed by atoms with Crippen molar-refractivity contribution >= 4 is 17.7 Å². The van der Waals surface area contributed by atoms with Crippen LogP contribution in [0.4, 0.5) is 5.82 Å². The zero-order chi connectivity index (χ0) is 23.3. The first kappa shape index (κ1) is 22.8. The summed E-state index contributed by atoms with van der Waals surface area (Å²) in [6.07, 6.45) is 1.64. The Hall–Kier alpha value is -3.89. The number of carbonyl (C=O) groups is 2. The number of esters is 1. The molecule has 0 aliphatic carbocycles. The van der Waals surface area contributed by atoms with Gasteiger partial charge >= 0.3 is 5.97 Å². The number of amides is 1. The molecule has 1 N–H and O–H groups in total. The third-order valence-corrected chi connectivity index (χ3v) is 4.39. The van der Waals surface area contributed by atoms with E-state index in [0.29, 0.717) is 24.0 Å². The monoisotopic (exact) mass is 439 g/mol. The number of hydrogen-bond donors (Lipinski definition) is 1. The molecule has 0 radical (unpaired) electrons. The Bertz CT molecular complexity index is 1180. The van der Waals surface area contributed by atoms with E-state index in [1.165, 1.54) is 21.5 Å².